The topological polar surface area (TPSA) is 70.4 Å². The van der Waals surface area contributed by atoms with E-state index in [0.717, 1.165) is 21.3 Å². The Morgan fingerprint density at radius 1 is 0.828 bits per heavy atom. The molecule has 6 heteroatoms. The van der Waals surface area contributed by atoms with Gasteiger partial charge in [0.15, 0.2) is 0 Å². The lowest BCUT2D eigenvalue weighted by atomic mass is 10.1. The van der Waals surface area contributed by atoms with Gasteiger partial charge in [0, 0.05) is 15.6 Å². The fourth-order valence-electron chi connectivity index (χ4n) is 2.80. The molecule has 0 unspecified atom stereocenters. The first-order valence-corrected chi connectivity index (χ1v) is 9.76. The SMILES string of the molecule is Oc1ccccc1-c1cc(-c2ccccc2)nc(NN=Cc2ccc(Br)cc2)n1. The Morgan fingerprint density at radius 3 is 2.28 bits per heavy atom. The summed E-state index contributed by atoms with van der Waals surface area (Å²) in [6.07, 6.45) is 1.70. The molecule has 0 aliphatic heterocycles. The first-order valence-electron chi connectivity index (χ1n) is 8.96. The summed E-state index contributed by atoms with van der Waals surface area (Å²) in [5, 5.41) is 14.5. The van der Waals surface area contributed by atoms with Gasteiger partial charge in [-0.2, -0.15) is 5.10 Å². The van der Waals surface area contributed by atoms with Crippen molar-refractivity contribution in [1.29, 1.82) is 0 Å². The van der Waals surface area contributed by atoms with E-state index < -0.39 is 0 Å². The number of benzene rings is 3. The van der Waals surface area contributed by atoms with Gasteiger partial charge in [0.1, 0.15) is 5.75 Å². The molecule has 0 saturated heterocycles. The van der Waals surface area contributed by atoms with Gasteiger partial charge in [-0.25, -0.2) is 15.4 Å². The molecule has 5 nitrogen and oxygen atoms in total. The molecule has 0 saturated carbocycles. The molecular formula is C23H17BrN4O. The molecule has 0 aliphatic rings. The molecule has 4 rings (SSSR count). The Labute approximate surface area is 176 Å². The molecule has 142 valence electrons. The van der Waals surface area contributed by atoms with Crippen LogP contribution in [0, 0.1) is 0 Å². The van der Waals surface area contributed by atoms with Crippen molar-refractivity contribution < 1.29 is 5.11 Å². The number of nitrogens with one attached hydrogen (secondary N) is 1. The second-order valence-corrected chi connectivity index (χ2v) is 7.18. The van der Waals surface area contributed by atoms with E-state index in [9.17, 15) is 5.11 Å². The van der Waals surface area contributed by atoms with E-state index in [0.29, 0.717) is 17.2 Å². The standard InChI is InChI=1S/C23H17BrN4O/c24-18-12-10-16(11-13-18)15-25-28-23-26-20(17-6-2-1-3-7-17)14-21(27-23)19-8-4-5-9-22(19)29/h1-15,29H,(H,26,27,28). The van der Waals surface area contributed by atoms with Crippen LogP contribution in [0.25, 0.3) is 22.5 Å². The van der Waals surface area contributed by atoms with E-state index in [4.69, 9.17) is 0 Å². The third-order valence-electron chi connectivity index (χ3n) is 4.22. The average Bonchev–Trinajstić information content (AvgIpc) is 2.76. The van der Waals surface area contributed by atoms with E-state index >= 15 is 0 Å². The average molecular weight is 445 g/mol. The van der Waals surface area contributed by atoms with Crippen molar-refractivity contribution in [1.82, 2.24) is 9.97 Å². The number of hydrogen-bond acceptors (Lipinski definition) is 5. The predicted molar refractivity (Wildman–Crippen MR) is 120 cm³/mol. The van der Waals surface area contributed by atoms with E-state index in [2.05, 4.69) is 36.4 Å². The normalized spacial score (nSPS) is 10.9. The number of rotatable bonds is 5. The summed E-state index contributed by atoms with van der Waals surface area (Å²) < 4.78 is 1.01. The highest BCUT2D eigenvalue weighted by molar-refractivity contribution is 9.10. The molecule has 2 N–H and O–H groups in total. The van der Waals surface area contributed by atoms with Crippen LogP contribution in [0.5, 0.6) is 5.75 Å². The van der Waals surface area contributed by atoms with Gasteiger partial charge < -0.3 is 5.11 Å². The predicted octanol–water partition coefficient (Wildman–Crippen LogP) is 5.72. The molecule has 3 aromatic carbocycles. The van der Waals surface area contributed by atoms with E-state index in [1.807, 2.05) is 72.8 Å². The molecule has 0 fully saturated rings. The van der Waals surface area contributed by atoms with E-state index in [1.165, 1.54) is 0 Å². The minimum Gasteiger partial charge on any atom is -0.507 e. The third kappa shape index (κ3) is 4.67. The van der Waals surface area contributed by atoms with Crippen LogP contribution in [0.2, 0.25) is 0 Å². The molecule has 0 spiro atoms. The zero-order valence-electron chi connectivity index (χ0n) is 15.3. The summed E-state index contributed by atoms with van der Waals surface area (Å²) in [5.41, 5.74) is 6.77. The number of aromatic nitrogens is 2. The highest BCUT2D eigenvalue weighted by Gasteiger charge is 2.11. The summed E-state index contributed by atoms with van der Waals surface area (Å²) in [4.78, 5) is 9.11. The second-order valence-electron chi connectivity index (χ2n) is 6.27. The first kappa shape index (κ1) is 18.8. The number of aromatic hydroxyl groups is 1. The molecule has 29 heavy (non-hydrogen) atoms. The molecular weight excluding hydrogens is 428 g/mol. The smallest absolute Gasteiger partial charge is 0.244 e. The second kappa shape index (κ2) is 8.67. The summed E-state index contributed by atoms with van der Waals surface area (Å²) in [7, 11) is 0. The van der Waals surface area contributed by atoms with Crippen LogP contribution in [0.3, 0.4) is 0 Å². The number of nitrogens with zero attached hydrogens (tertiary/aromatic N) is 3. The number of halogens is 1. The summed E-state index contributed by atoms with van der Waals surface area (Å²) in [5.74, 6) is 0.507. The van der Waals surface area contributed by atoms with Gasteiger partial charge in [0.05, 0.1) is 17.6 Å². The van der Waals surface area contributed by atoms with Crippen LogP contribution in [0.1, 0.15) is 5.56 Å². The van der Waals surface area contributed by atoms with Crippen LogP contribution >= 0.6 is 15.9 Å². The molecule has 0 amide bonds. The molecule has 0 radical (unpaired) electrons. The van der Waals surface area contributed by atoms with Crippen molar-refractivity contribution in [3.8, 4) is 28.3 Å². The lowest BCUT2D eigenvalue weighted by Gasteiger charge is -2.09. The Morgan fingerprint density at radius 2 is 1.52 bits per heavy atom. The summed E-state index contributed by atoms with van der Waals surface area (Å²) in [6, 6.07) is 26.6. The first-order chi connectivity index (χ1) is 14.2. The van der Waals surface area contributed by atoms with Crippen molar-refractivity contribution in [2.75, 3.05) is 5.43 Å². The van der Waals surface area contributed by atoms with Gasteiger partial charge in [0.2, 0.25) is 5.95 Å². The number of phenols is 1. The fourth-order valence-corrected chi connectivity index (χ4v) is 3.06. The van der Waals surface area contributed by atoms with Gasteiger partial charge in [-0.1, -0.05) is 70.5 Å². The lowest BCUT2D eigenvalue weighted by Crippen LogP contribution is -2.00. The molecule has 4 aromatic rings. The van der Waals surface area contributed by atoms with Gasteiger partial charge in [-0.3, -0.25) is 0 Å². The number of anilines is 1. The Balaban J connectivity index is 1.70. The van der Waals surface area contributed by atoms with Crippen LogP contribution in [0.4, 0.5) is 5.95 Å². The van der Waals surface area contributed by atoms with Gasteiger partial charge in [-0.15, -0.1) is 0 Å². The van der Waals surface area contributed by atoms with Gasteiger partial charge >= 0.3 is 0 Å². The van der Waals surface area contributed by atoms with Crippen molar-refractivity contribution in [3.05, 3.63) is 95.0 Å². The lowest BCUT2D eigenvalue weighted by molar-refractivity contribution is 0.477. The van der Waals surface area contributed by atoms with Crippen molar-refractivity contribution in [2.45, 2.75) is 0 Å². The minimum absolute atomic E-state index is 0.162. The van der Waals surface area contributed by atoms with Gasteiger partial charge in [0.25, 0.3) is 0 Å². The van der Waals surface area contributed by atoms with E-state index in [1.54, 1.807) is 18.3 Å². The Hall–Kier alpha value is -3.51. The van der Waals surface area contributed by atoms with Crippen molar-refractivity contribution >= 4 is 28.1 Å². The molecule has 1 heterocycles. The number of para-hydroxylation sites is 1. The highest BCUT2D eigenvalue weighted by atomic mass is 79.9. The molecule has 0 aliphatic carbocycles. The van der Waals surface area contributed by atoms with Gasteiger partial charge in [-0.05, 0) is 35.9 Å². The van der Waals surface area contributed by atoms with Crippen molar-refractivity contribution in [3.63, 3.8) is 0 Å². The summed E-state index contributed by atoms with van der Waals surface area (Å²) in [6.45, 7) is 0. The Bertz CT molecular complexity index is 1150. The summed E-state index contributed by atoms with van der Waals surface area (Å²) >= 11 is 3.42. The maximum Gasteiger partial charge on any atom is 0.244 e. The quantitative estimate of drug-likeness (QED) is 0.304. The Kier molecular flexibility index (Phi) is 5.63. The largest absolute Gasteiger partial charge is 0.507 e. The maximum atomic E-state index is 10.2. The fraction of sp³-hybridized carbons (Fsp3) is 0. The number of hydrazone groups is 1. The van der Waals surface area contributed by atoms with Crippen LogP contribution in [-0.4, -0.2) is 21.3 Å². The zero-order valence-corrected chi connectivity index (χ0v) is 16.9. The van der Waals surface area contributed by atoms with Crippen LogP contribution < -0.4 is 5.43 Å². The zero-order chi connectivity index (χ0) is 20.1. The monoisotopic (exact) mass is 444 g/mol. The maximum absolute atomic E-state index is 10.2. The molecule has 0 atom stereocenters. The van der Waals surface area contributed by atoms with Crippen LogP contribution in [-0.2, 0) is 0 Å². The number of phenolic OH excluding ortho intramolecular Hbond substituents is 1. The molecule has 1 aromatic heterocycles. The van der Waals surface area contributed by atoms with Crippen LogP contribution in [0.15, 0.2) is 94.5 Å². The highest BCUT2D eigenvalue weighted by Crippen LogP contribution is 2.30. The third-order valence-corrected chi connectivity index (χ3v) is 4.75. The van der Waals surface area contributed by atoms with E-state index in [-0.39, 0.29) is 5.75 Å². The minimum atomic E-state index is 0.162. The molecule has 0 bridgehead atoms. The van der Waals surface area contributed by atoms with Crippen molar-refractivity contribution in [2.24, 2.45) is 5.10 Å². The number of hydrogen-bond donors (Lipinski definition) is 2.